The molecular weight excluding hydrogens is 433 g/mol. The standard InChI is InChI=1S/C20H19F3N4O3S/c1-12-10-13(4-6-16(12)27(29)30)18(28)25-19(31)24-15-11-14(20(21,22)23)5-7-17(15)26-8-2-3-9-26/h4-7,10-11H,2-3,8-9H2,1H3,(H2,24,25,28,31). The van der Waals surface area contributed by atoms with Gasteiger partial charge >= 0.3 is 6.18 Å². The Labute approximate surface area is 181 Å². The molecule has 3 rings (SSSR count). The van der Waals surface area contributed by atoms with Crippen molar-refractivity contribution in [2.75, 3.05) is 23.3 Å². The van der Waals surface area contributed by atoms with Crippen LogP contribution in [0.25, 0.3) is 0 Å². The fraction of sp³-hybridized carbons (Fsp3) is 0.300. The molecule has 11 heteroatoms. The maximum Gasteiger partial charge on any atom is 0.416 e. The summed E-state index contributed by atoms with van der Waals surface area (Å²) in [5, 5.41) is 15.8. The summed E-state index contributed by atoms with van der Waals surface area (Å²) in [5.74, 6) is -0.634. The second-order valence-electron chi connectivity index (χ2n) is 7.09. The number of hydrogen-bond acceptors (Lipinski definition) is 5. The molecule has 2 N–H and O–H groups in total. The minimum absolute atomic E-state index is 0.128. The predicted octanol–water partition coefficient (Wildman–Crippen LogP) is 4.65. The number of rotatable bonds is 4. The molecule has 164 valence electrons. The average molecular weight is 452 g/mol. The van der Waals surface area contributed by atoms with Crippen LogP contribution in [0.4, 0.5) is 30.2 Å². The van der Waals surface area contributed by atoms with Crippen molar-refractivity contribution in [1.82, 2.24) is 5.32 Å². The molecule has 1 saturated heterocycles. The highest BCUT2D eigenvalue weighted by Crippen LogP contribution is 2.36. The van der Waals surface area contributed by atoms with Gasteiger partial charge in [0, 0.05) is 30.3 Å². The molecule has 0 unspecified atom stereocenters. The molecule has 1 amide bonds. The summed E-state index contributed by atoms with van der Waals surface area (Å²) in [6, 6.07) is 7.20. The number of carbonyl (C=O) groups excluding carboxylic acids is 1. The van der Waals surface area contributed by atoms with E-state index in [0.717, 1.165) is 25.0 Å². The molecular formula is C20H19F3N4O3S. The maximum absolute atomic E-state index is 13.2. The topological polar surface area (TPSA) is 87.5 Å². The first-order valence-electron chi connectivity index (χ1n) is 9.40. The summed E-state index contributed by atoms with van der Waals surface area (Å²) >= 11 is 5.13. The number of nitro groups is 1. The van der Waals surface area contributed by atoms with Crippen LogP contribution >= 0.6 is 12.2 Å². The first-order valence-corrected chi connectivity index (χ1v) is 9.80. The average Bonchev–Trinajstić information content (AvgIpc) is 3.21. The van der Waals surface area contributed by atoms with Crippen LogP contribution in [-0.2, 0) is 6.18 Å². The van der Waals surface area contributed by atoms with Crippen LogP contribution in [0.1, 0.15) is 34.3 Å². The summed E-state index contributed by atoms with van der Waals surface area (Å²) in [7, 11) is 0. The molecule has 0 aromatic heterocycles. The molecule has 0 bridgehead atoms. The number of thiocarbonyl (C=S) groups is 1. The van der Waals surface area contributed by atoms with Crippen molar-refractivity contribution in [1.29, 1.82) is 0 Å². The second kappa shape index (κ2) is 8.88. The van der Waals surface area contributed by atoms with Crippen LogP contribution in [0, 0.1) is 17.0 Å². The summed E-state index contributed by atoms with van der Waals surface area (Å²) in [6.07, 6.45) is -2.66. The van der Waals surface area contributed by atoms with Crippen molar-refractivity contribution in [3.8, 4) is 0 Å². The normalized spacial score (nSPS) is 13.7. The lowest BCUT2D eigenvalue weighted by atomic mass is 10.1. The smallest absolute Gasteiger partial charge is 0.370 e. The van der Waals surface area contributed by atoms with Crippen molar-refractivity contribution < 1.29 is 22.9 Å². The highest BCUT2D eigenvalue weighted by molar-refractivity contribution is 7.80. The van der Waals surface area contributed by atoms with Crippen molar-refractivity contribution >= 4 is 40.3 Å². The monoisotopic (exact) mass is 452 g/mol. The van der Waals surface area contributed by atoms with E-state index < -0.39 is 22.6 Å². The highest BCUT2D eigenvalue weighted by Gasteiger charge is 2.32. The van der Waals surface area contributed by atoms with Crippen molar-refractivity contribution in [3.05, 3.63) is 63.2 Å². The second-order valence-corrected chi connectivity index (χ2v) is 7.50. The number of halogens is 3. The lowest BCUT2D eigenvalue weighted by Crippen LogP contribution is -2.34. The number of carbonyl (C=O) groups is 1. The van der Waals surface area contributed by atoms with Gasteiger partial charge in [-0.25, -0.2) is 0 Å². The summed E-state index contributed by atoms with van der Waals surface area (Å²) in [6.45, 7) is 2.92. The third-order valence-corrected chi connectivity index (χ3v) is 5.11. The van der Waals surface area contributed by atoms with Gasteiger partial charge in [0.1, 0.15) is 0 Å². The molecule has 7 nitrogen and oxygen atoms in total. The van der Waals surface area contributed by atoms with Crippen molar-refractivity contribution in [3.63, 3.8) is 0 Å². The molecule has 1 fully saturated rings. The van der Waals surface area contributed by atoms with Gasteiger partial charge in [-0.1, -0.05) is 0 Å². The summed E-state index contributed by atoms with van der Waals surface area (Å²) < 4.78 is 39.5. The van der Waals surface area contributed by atoms with Crippen LogP contribution in [0.3, 0.4) is 0 Å². The highest BCUT2D eigenvalue weighted by atomic mass is 32.1. The molecule has 1 aliphatic rings. The van der Waals surface area contributed by atoms with E-state index in [-0.39, 0.29) is 22.1 Å². The number of aryl methyl sites for hydroxylation is 1. The number of amides is 1. The van der Waals surface area contributed by atoms with Crippen LogP contribution in [0.15, 0.2) is 36.4 Å². The molecule has 2 aromatic rings. The number of nitrogens with zero attached hydrogens (tertiary/aromatic N) is 2. The Balaban J connectivity index is 1.79. The first-order chi connectivity index (χ1) is 14.6. The fourth-order valence-corrected chi connectivity index (χ4v) is 3.58. The number of benzene rings is 2. The number of anilines is 2. The molecule has 0 spiro atoms. The van der Waals surface area contributed by atoms with Crippen molar-refractivity contribution in [2.45, 2.75) is 25.9 Å². The largest absolute Gasteiger partial charge is 0.416 e. The third-order valence-electron chi connectivity index (χ3n) is 4.90. The molecule has 1 aliphatic heterocycles. The van der Waals surface area contributed by atoms with Crippen LogP contribution in [0.5, 0.6) is 0 Å². The Morgan fingerprint density at radius 2 is 1.84 bits per heavy atom. The van der Waals surface area contributed by atoms with Gasteiger partial charge in [-0.2, -0.15) is 13.2 Å². The van der Waals surface area contributed by atoms with Crippen LogP contribution < -0.4 is 15.5 Å². The van der Waals surface area contributed by atoms with E-state index in [4.69, 9.17) is 12.2 Å². The zero-order valence-corrected chi connectivity index (χ0v) is 17.3. The van der Waals surface area contributed by atoms with E-state index >= 15 is 0 Å². The Hall–Kier alpha value is -3.21. The van der Waals surface area contributed by atoms with E-state index in [1.165, 1.54) is 31.2 Å². The molecule has 0 saturated carbocycles. The maximum atomic E-state index is 13.2. The third kappa shape index (κ3) is 5.29. The van der Waals surface area contributed by atoms with Gasteiger partial charge in [0.25, 0.3) is 11.6 Å². The number of nitrogens with one attached hydrogen (secondary N) is 2. The fourth-order valence-electron chi connectivity index (χ4n) is 3.38. The molecule has 0 radical (unpaired) electrons. The van der Waals surface area contributed by atoms with E-state index in [1.54, 1.807) is 0 Å². The minimum atomic E-state index is -4.53. The Bertz CT molecular complexity index is 1040. The number of alkyl halides is 3. The Morgan fingerprint density at radius 3 is 2.42 bits per heavy atom. The van der Waals surface area contributed by atoms with Gasteiger partial charge in [-0.15, -0.1) is 0 Å². The lowest BCUT2D eigenvalue weighted by Gasteiger charge is -2.23. The van der Waals surface area contributed by atoms with E-state index in [0.29, 0.717) is 24.3 Å². The molecule has 2 aromatic carbocycles. The lowest BCUT2D eigenvalue weighted by molar-refractivity contribution is -0.385. The first kappa shape index (κ1) is 22.5. The Morgan fingerprint density at radius 1 is 1.16 bits per heavy atom. The van der Waals surface area contributed by atoms with Gasteiger partial charge in [-0.3, -0.25) is 20.2 Å². The van der Waals surface area contributed by atoms with Gasteiger partial charge < -0.3 is 10.2 Å². The predicted molar refractivity (Wildman–Crippen MR) is 114 cm³/mol. The summed E-state index contributed by atoms with van der Waals surface area (Å²) in [4.78, 5) is 24.8. The Kier molecular flexibility index (Phi) is 6.44. The minimum Gasteiger partial charge on any atom is -0.370 e. The van der Waals surface area contributed by atoms with Crippen molar-refractivity contribution in [2.24, 2.45) is 0 Å². The van der Waals surface area contributed by atoms with E-state index in [1.807, 2.05) is 4.90 Å². The van der Waals surface area contributed by atoms with Gasteiger partial charge in [-0.05, 0) is 62.3 Å². The SMILES string of the molecule is Cc1cc(C(=O)NC(=S)Nc2cc(C(F)(F)F)ccc2N2CCCC2)ccc1[N+](=O)[O-]. The summed E-state index contributed by atoms with van der Waals surface area (Å²) in [5.41, 5.74) is 0.173. The molecule has 31 heavy (non-hydrogen) atoms. The van der Waals surface area contributed by atoms with Crippen LogP contribution in [-0.4, -0.2) is 29.0 Å². The van der Waals surface area contributed by atoms with Gasteiger partial charge in [0.15, 0.2) is 5.11 Å². The zero-order valence-electron chi connectivity index (χ0n) is 16.5. The zero-order chi connectivity index (χ0) is 22.8. The van der Waals surface area contributed by atoms with Crippen LogP contribution in [0.2, 0.25) is 0 Å². The van der Waals surface area contributed by atoms with Gasteiger partial charge in [0.2, 0.25) is 0 Å². The van der Waals surface area contributed by atoms with E-state index in [2.05, 4.69) is 10.6 Å². The van der Waals surface area contributed by atoms with Gasteiger partial charge in [0.05, 0.1) is 21.9 Å². The number of hydrogen-bond donors (Lipinski definition) is 2. The van der Waals surface area contributed by atoms with E-state index in [9.17, 15) is 28.1 Å². The number of nitro benzene ring substituents is 1. The quantitative estimate of drug-likeness (QED) is 0.399. The molecule has 0 aliphatic carbocycles. The molecule has 0 atom stereocenters. The molecule has 1 heterocycles.